The summed E-state index contributed by atoms with van der Waals surface area (Å²) in [5.41, 5.74) is 1.57. The minimum absolute atomic E-state index is 0.213. The van der Waals surface area contributed by atoms with Crippen molar-refractivity contribution in [2.45, 2.75) is 19.9 Å². The molecular formula is C16H18F2N2O. The number of hydrogen-bond donors (Lipinski definition) is 1. The first kappa shape index (κ1) is 15.4. The van der Waals surface area contributed by atoms with Gasteiger partial charge >= 0.3 is 0 Å². The van der Waals surface area contributed by atoms with Gasteiger partial charge in [-0.15, -0.1) is 0 Å². The van der Waals surface area contributed by atoms with Crippen molar-refractivity contribution in [3.05, 3.63) is 59.4 Å². The van der Waals surface area contributed by atoms with Gasteiger partial charge in [-0.2, -0.15) is 0 Å². The normalized spacial score (nSPS) is 10.6. The summed E-state index contributed by atoms with van der Waals surface area (Å²) in [7, 11) is 0. The highest BCUT2D eigenvalue weighted by atomic mass is 19.1. The standard InChI is InChI=1S/C16H18F2N2O/c1-2-19-11-13-9-14(17)16(15(18)10-13)21-8-5-12-3-6-20-7-4-12/h3-4,6-7,9-10,19H,2,5,8,11H2,1H3. The SMILES string of the molecule is CCNCc1cc(F)c(OCCc2ccncc2)c(F)c1. The minimum atomic E-state index is -0.669. The highest BCUT2D eigenvalue weighted by Crippen LogP contribution is 2.23. The Morgan fingerprint density at radius 2 is 1.76 bits per heavy atom. The van der Waals surface area contributed by atoms with Crippen molar-refractivity contribution in [1.29, 1.82) is 0 Å². The molecule has 1 aromatic carbocycles. The molecule has 2 rings (SSSR count). The van der Waals surface area contributed by atoms with Crippen molar-refractivity contribution >= 4 is 0 Å². The van der Waals surface area contributed by atoms with E-state index in [9.17, 15) is 8.78 Å². The largest absolute Gasteiger partial charge is 0.487 e. The van der Waals surface area contributed by atoms with Gasteiger partial charge in [-0.05, 0) is 41.9 Å². The molecule has 0 saturated heterocycles. The molecule has 0 bridgehead atoms. The van der Waals surface area contributed by atoms with Crippen LogP contribution in [-0.4, -0.2) is 18.1 Å². The fourth-order valence-electron chi connectivity index (χ4n) is 1.94. The number of halogens is 2. The van der Waals surface area contributed by atoms with Gasteiger partial charge in [0.05, 0.1) is 6.61 Å². The van der Waals surface area contributed by atoms with Crippen LogP contribution in [0.5, 0.6) is 5.75 Å². The molecule has 5 heteroatoms. The first-order valence-corrected chi connectivity index (χ1v) is 6.91. The summed E-state index contributed by atoms with van der Waals surface area (Å²) in [5.74, 6) is -1.65. The van der Waals surface area contributed by atoms with Gasteiger partial charge in [0.25, 0.3) is 0 Å². The van der Waals surface area contributed by atoms with Crippen LogP contribution >= 0.6 is 0 Å². The Morgan fingerprint density at radius 1 is 1.10 bits per heavy atom. The average Bonchev–Trinajstić information content (AvgIpc) is 2.49. The minimum Gasteiger partial charge on any atom is -0.487 e. The van der Waals surface area contributed by atoms with Crippen molar-refractivity contribution in [2.75, 3.05) is 13.2 Å². The zero-order valence-electron chi connectivity index (χ0n) is 11.9. The first-order chi connectivity index (χ1) is 10.2. The van der Waals surface area contributed by atoms with Gasteiger partial charge < -0.3 is 10.1 Å². The average molecular weight is 292 g/mol. The second kappa shape index (κ2) is 7.69. The lowest BCUT2D eigenvalue weighted by Crippen LogP contribution is -2.12. The summed E-state index contributed by atoms with van der Waals surface area (Å²) in [6, 6.07) is 6.28. The lowest BCUT2D eigenvalue weighted by atomic mass is 10.2. The van der Waals surface area contributed by atoms with E-state index in [2.05, 4.69) is 10.3 Å². The van der Waals surface area contributed by atoms with Crippen molar-refractivity contribution in [3.8, 4) is 5.75 Å². The molecular weight excluding hydrogens is 274 g/mol. The molecule has 0 saturated carbocycles. The summed E-state index contributed by atoms with van der Waals surface area (Å²) in [4.78, 5) is 3.91. The molecule has 0 aliphatic rings. The van der Waals surface area contributed by atoms with E-state index in [1.54, 1.807) is 12.4 Å². The number of nitrogens with zero attached hydrogens (tertiary/aromatic N) is 1. The van der Waals surface area contributed by atoms with Gasteiger partial charge in [0, 0.05) is 25.4 Å². The molecule has 0 unspecified atom stereocenters. The summed E-state index contributed by atoms with van der Waals surface area (Å²) in [6.07, 6.45) is 3.92. The highest BCUT2D eigenvalue weighted by molar-refractivity contribution is 5.31. The Labute approximate surface area is 123 Å². The predicted molar refractivity (Wildman–Crippen MR) is 77.2 cm³/mol. The van der Waals surface area contributed by atoms with Crippen LogP contribution in [0.3, 0.4) is 0 Å². The second-order valence-electron chi connectivity index (χ2n) is 4.62. The maximum absolute atomic E-state index is 13.9. The molecule has 0 radical (unpaired) electrons. The number of benzene rings is 1. The molecule has 0 amide bonds. The zero-order chi connectivity index (χ0) is 15.1. The van der Waals surface area contributed by atoms with Crippen LogP contribution in [-0.2, 0) is 13.0 Å². The molecule has 2 aromatic rings. The van der Waals surface area contributed by atoms with E-state index in [1.165, 1.54) is 12.1 Å². The van der Waals surface area contributed by atoms with Gasteiger partial charge in [0.15, 0.2) is 17.4 Å². The third kappa shape index (κ3) is 4.49. The maximum atomic E-state index is 13.9. The molecule has 112 valence electrons. The molecule has 1 N–H and O–H groups in total. The number of pyridine rings is 1. The van der Waals surface area contributed by atoms with Crippen LogP contribution in [0.1, 0.15) is 18.1 Å². The van der Waals surface area contributed by atoms with Crippen LogP contribution in [0.4, 0.5) is 8.78 Å². The number of aromatic nitrogens is 1. The lowest BCUT2D eigenvalue weighted by Gasteiger charge is -2.10. The van der Waals surface area contributed by atoms with E-state index in [-0.39, 0.29) is 12.4 Å². The Balaban J connectivity index is 1.96. The Hall–Kier alpha value is -2.01. The maximum Gasteiger partial charge on any atom is 0.190 e. The number of ether oxygens (including phenoxy) is 1. The van der Waals surface area contributed by atoms with E-state index in [4.69, 9.17) is 4.74 Å². The van der Waals surface area contributed by atoms with E-state index >= 15 is 0 Å². The van der Waals surface area contributed by atoms with Gasteiger partial charge in [-0.25, -0.2) is 8.78 Å². The number of hydrogen-bond acceptors (Lipinski definition) is 3. The van der Waals surface area contributed by atoms with Crippen molar-refractivity contribution in [1.82, 2.24) is 10.3 Å². The van der Waals surface area contributed by atoms with E-state index < -0.39 is 11.6 Å². The van der Waals surface area contributed by atoms with Gasteiger partial charge in [-0.3, -0.25) is 4.98 Å². The fourth-order valence-corrected chi connectivity index (χ4v) is 1.94. The molecule has 0 fully saturated rings. The van der Waals surface area contributed by atoms with Gasteiger partial charge in [0.2, 0.25) is 0 Å². The topological polar surface area (TPSA) is 34.1 Å². The van der Waals surface area contributed by atoms with Crippen molar-refractivity contribution in [3.63, 3.8) is 0 Å². The van der Waals surface area contributed by atoms with Gasteiger partial charge in [0.1, 0.15) is 0 Å². The van der Waals surface area contributed by atoms with E-state index in [0.717, 1.165) is 12.1 Å². The number of rotatable bonds is 7. The van der Waals surface area contributed by atoms with E-state index in [1.807, 2.05) is 19.1 Å². The highest BCUT2D eigenvalue weighted by Gasteiger charge is 2.12. The molecule has 0 spiro atoms. The Kier molecular flexibility index (Phi) is 5.63. The third-order valence-corrected chi connectivity index (χ3v) is 3.02. The third-order valence-electron chi connectivity index (χ3n) is 3.02. The zero-order valence-corrected chi connectivity index (χ0v) is 11.9. The summed E-state index contributed by atoms with van der Waals surface area (Å²) >= 11 is 0. The fraction of sp³-hybridized carbons (Fsp3) is 0.312. The van der Waals surface area contributed by atoms with Crippen LogP contribution in [0.15, 0.2) is 36.7 Å². The predicted octanol–water partition coefficient (Wildman–Crippen LogP) is 3.09. The quantitative estimate of drug-likeness (QED) is 0.851. The Bertz CT molecular complexity index is 553. The van der Waals surface area contributed by atoms with Crippen LogP contribution in [0, 0.1) is 11.6 Å². The smallest absolute Gasteiger partial charge is 0.190 e. The Morgan fingerprint density at radius 3 is 2.38 bits per heavy atom. The first-order valence-electron chi connectivity index (χ1n) is 6.91. The molecule has 1 aromatic heterocycles. The van der Waals surface area contributed by atoms with Crippen LogP contribution < -0.4 is 10.1 Å². The van der Waals surface area contributed by atoms with Crippen molar-refractivity contribution in [2.24, 2.45) is 0 Å². The second-order valence-corrected chi connectivity index (χ2v) is 4.62. The van der Waals surface area contributed by atoms with E-state index in [0.29, 0.717) is 18.5 Å². The summed E-state index contributed by atoms with van der Waals surface area (Å²) < 4.78 is 33.0. The van der Waals surface area contributed by atoms with Crippen LogP contribution in [0.25, 0.3) is 0 Å². The molecule has 1 heterocycles. The summed E-state index contributed by atoms with van der Waals surface area (Å²) in [6.45, 7) is 3.32. The van der Waals surface area contributed by atoms with Gasteiger partial charge in [-0.1, -0.05) is 6.92 Å². The molecule has 21 heavy (non-hydrogen) atoms. The summed E-state index contributed by atoms with van der Waals surface area (Å²) in [5, 5.41) is 3.02. The molecule has 0 atom stereocenters. The number of nitrogens with one attached hydrogen (secondary N) is 1. The lowest BCUT2D eigenvalue weighted by molar-refractivity contribution is 0.288. The molecule has 0 aliphatic carbocycles. The van der Waals surface area contributed by atoms with Crippen molar-refractivity contribution < 1.29 is 13.5 Å². The monoisotopic (exact) mass is 292 g/mol. The van der Waals surface area contributed by atoms with Crippen LogP contribution in [0.2, 0.25) is 0 Å². The molecule has 3 nitrogen and oxygen atoms in total. The molecule has 0 aliphatic heterocycles.